The summed E-state index contributed by atoms with van der Waals surface area (Å²) < 4.78 is 15.0. The maximum atomic E-state index is 15.0. The zero-order chi connectivity index (χ0) is 24.0. The fraction of sp³-hybridized carbons (Fsp3) is 0.500. The van der Waals surface area contributed by atoms with E-state index >= 15 is 0 Å². The first kappa shape index (κ1) is 23.6. The molecule has 3 fully saturated rings. The van der Waals surface area contributed by atoms with Gasteiger partial charge in [-0.1, -0.05) is 54.8 Å². The molecule has 1 saturated heterocycles. The highest BCUT2D eigenvalue weighted by molar-refractivity contribution is 7.09. The third-order valence-electron chi connectivity index (χ3n) is 9.20. The number of thiazole rings is 1. The first-order valence-electron chi connectivity index (χ1n) is 13.3. The van der Waals surface area contributed by atoms with Crippen molar-refractivity contribution < 1.29 is 4.39 Å². The van der Waals surface area contributed by atoms with Crippen LogP contribution in [-0.4, -0.2) is 22.5 Å². The normalized spacial score (nSPS) is 25.9. The second kappa shape index (κ2) is 9.28. The highest BCUT2D eigenvalue weighted by atomic mass is 35.5. The predicted octanol–water partition coefficient (Wildman–Crippen LogP) is 8.44. The third kappa shape index (κ3) is 3.97. The third-order valence-corrected chi connectivity index (χ3v) is 10.5. The topological polar surface area (TPSA) is 16.1 Å². The summed E-state index contributed by atoms with van der Waals surface area (Å²) in [6.45, 7) is 3.44. The van der Waals surface area contributed by atoms with Gasteiger partial charge in [-0.3, -0.25) is 4.90 Å². The molecule has 2 heterocycles. The Morgan fingerprint density at radius 3 is 2.40 bits per heavy atom. The number of benzene rings is 2. The number of likely N-dealkylation sites (tertiary alicyclic amines) is 1. The molecular weight excluding hydrogens is 475 g/mol. The second-order valence-corrected chi connectivity index (χ2v) is 12.3. The molecule has 2 unspecified atom stereocenters. The minimum absolute atomic E-state index is 0.0866. The fourth-order valence-electron chi connectivity index (χ4n) is 7.10. The molecule has 2 aliphatic carbocycles. The largest absolute Gasteiger partial charge is 0.290 e. The van der Waals surface area contributed by atoms with Crippen molar-refractivity contribution in [2.45, 2.75) is 87.6 Å². The number of rotatable bonds is 5. The summed E-state index contributed by atoms with van der Waals surface area (Å²) in [4.78, 5) is 8.06. The Balaban J connectivity index is 1.30. The van der Waals surface area contributed by atoms with Crippen LogP contribution in [0.2, 0.25) is 5.02 Å². The van der Waals surface area contributed by atoms with Crippen LogP contribution in [0, 0.1) is 5.82 Å². The second-order valence-electron chi connectivity index (χ2n) is 11.0. The minimum Gasteiger partial charge on any atom is -0.290 e. The Morgan fingerprint density at radius 1 is 0.971 bits per heavy atom. The van der Waals surface area contributed by atoms with E-state index in [1.165, 1.54) is 42.7 Å². The molecule has 0 amide bonds. The Bertz CT molecular complexity index is 1180. The van der Waals surface area contributed by atoms with E-state index in [2.05, 4.69) is 29.3 Å². The molecule has 5 heteroatoms. The van der Waals surface area contributed by atoms with Crippen LogP contribution in [0.15, 0.2) is 53.9 Å². The van der Waals surface area contributed by atoms with Gasteiger partial charge in [0.15, 0.2) is 0 Å². The summed E-state index contributed by atoms with van der Waals surface area (Å²) in [5, 5.41) is 4.29. The lowest BCUT2D eigenvalue weighted by Crippen LogP contribution is -2.57. The van der Waals surface area contributed by atoms with E-state index in [0.717, 1.165) is 48.5 Å². The zero-order valence-electron chi connectivity index (χ0n) is 20.5. The van der Waals surface area contributed by atoms with Gasteiger partial charge in [-0.15, -0.1) is 11.3 Å². The maximum absolute atomic E-state index is 15.0. The van der Waals surface area contributed by atoms with E-state index < -0.39 is 0 Å². The molecule has 1 aromatic heterocycles. The number of hydrogen-bond donors (Lipinski definition) is 0. The Kier molecular flexibility index (Phi) is 6.27. The maximum Gasteiger partial charge on any atom is 0.127 e. The van der Waals surface area contributed by atoms with Crippen LogP contribution in [0.3, 0.4) is 0 Å². The van der Waals surface area contributed by atoms with Gasteiger partial charge in [0, 0.05) is 39.9 Å². The Morgan fingerprint density at radius 2 is 1.71 bits per heavy atom. The number of piperidine rings is 1. The lowest BCUT2D eigenvalue weighted by Gasteiger charge is -2.56. The monoisotopic (exact) mass is 508 g/mol. The lowest BCUT2D eigenvalue weighted by molar-refractivity contribution is -0.0405. The predicted molar refractivity (Wildman–Crippen MR) is 143 cm³/mol. The standard InChI is InChI=1S/C30H34ClFN2S/c1-21-9-10-22(19-34(21)30(17-6-18-30)23-11-13-24(31)14-12-23)28-33-27(20-35-28)29(15-4-5-16-29)25-7-2-3-8-26(25)32/h2-3,7-8,11-14,20-22H,4-6,9-10,15-19H2,1H3. The fourth-order valence-corrected chi connectivity index (χ4v) is 8.28. The van der Waals surface area contributed by atoms with Gasteiger partial charge in [-0.2, -0.15) is 0 Å². The first-order valence-corrected chi connectivity index (χ1v) is 14.5. The van der Waals surface area contributed by atoms with E-state index in [1.54, 1.807) is 23.5 Å². The van der Waals surface area contributed by atoms with Gasteiger partial charge >= 0.3 is 0 Å². The average Bonchev–Trinajstić information content (AvgIpc) is 3.52. The number of nitrogens with zero attached hydrogens (tertiary/aromatic N) is 2. The summed E-state index contributed by atoms with van der Waals surface area (Å²) in [6.07, 6.45) is 10.3. The van der Waals surface area contributed by atoms with Gasteiger partial charge in [0.25, 0.3) is 0 Å². The van der Waals surface area contributed by atoms with Crippen LogP contribution >= 0.6 is 22.9 Å². The van der Waals surface area contributed by atoms with Crippen LogP contribution in [0.5, 0.6) is 0 Å². The molecule has 3 aromatic rings. The van der Waals surface area contributed by atoms with Crippen molar-refractivity contribution in [3.8, 4) is 0 Å². The van der Waals surface area contributed by atoms with Crippen molar-refractivity contribution in [3.05, 3.63) is 86.6 Å². The van der Waals surface area contributed by atoms with Gasteiger partial charge in [-0.05, 0) is 81.2 Å². The van der Waals surface area contributed by atoms with Gasteiger partial charge < -0.3 is 0 Å². The number of aromatic nitrogens is 1. The van der Waals surface area contributed by atoms with E-state index in [0.29, 0.717) is 12.0 Å². The van der Waals surface area contributed by atoms with E-state index in [4.69, 9.17) is 16.6 Å². The SMILES string of the molecule is CC1CCC(c2nc(C3(c4ccccc4F)CCCC3)cs2)CN1C1(c2ccc(Cl)cc2)CCC1. The summed E-state index contributed by atoms with van der Waals surface area (Å²) in [5.41, 5.74) is 3.21. The zero-order valence-corrected chi connectivity index (χ0v) is 22.1. The van der Waals surface area contributed by atoms with Crippen LogP contribution in [0.1, 0.15) is 92.5 Å². The smallest absolute Gasteiger partial charge is 0.127 e. The summed E-state index contributed by atoms with van der Waals surface area (Å²) in [7, 11) is 0. The van der Waals surface area contributed by atoms with Crippen molar-refractivity contribution in [2.24, 2.45) is 0 Å². The van der Waals surface area contributed by atoms with Gasteiger partial charge in [0.2, 0.25) is 0 Å². The quantitative estimate of drug-likeness (QED) is 0.343. The van der Waals surface area contributed by atoms with Crippen molar-refractivity contribution >= 4 is 22.9 Å². The van der Waals surface area contributed by atoms with Crippen molar-refractivity contribution in [2.75, 3.05) is 6.54 Å². The van der Waals surface area contributed by atoms with Crippen LogP contribution in [0.25, 0.3) is 0 Å². The molecule has 3 aliphatic rings. The molecular formula is C30H34ClFN2S. The van der Waals surface area contributed by atoms with Crippen molar-refractivity contribution in [1.82, 2.24) is 9.88 Å². The molecule has 2 aromatic carbocycles. The van der Waals surface area contributed by atoms with E-state index in [-0.39, 0.29) is 16.8 Å². The van der Waals surface area contributed by atoms with Crippen LogP contribution in [0.4, 0.5) is 4.39 Å². The molecule has 6 rings (SSSR count). The summed E-state index contributed by atoms with van der Waals surface area (Å²) in [6, 6.07) is 16.5. The van der Waals surface area contributed by atoms with E-state index in [9.17, 15) is 4.39 Å². The van der Waals surface area contributed by atoms with Crippen LogP contribution in [-0.2, 0) is 11.0 Å². The summed E-state index contributed by atoms with van der Waals surface area (Å²) in [5.74, 6) is 0.352. The molecule has 0 radical (unpaired) electrons. The highest BCUT2D eigenvalue weighted by Gasteiger charge is 2.48. The summed E-state index contributed by atoms with van der Waals surface area (Å²) >= 11 is 8.02. The number of halogens is 2. The van der Waals surface area contributed by atoms with Gasteiger partial charge in [0.05, 0.1) is 10.7 Å². The highest BCUT2D eigenvalue weighted by Crippen LogP contribution is 2.52. The molecule has 35 heavy (non-hydrogen) atoms. The Hall–Kier alpha value is -1.75. The average molecular weight is 509 g/mol. The molecule has 1 aliphatic heterocycles. The first-order chi connectivity index (χ1) is 17.0. The minimum atomic E-state index is -0.264. The molecule has 2 atom stereocenters. The lowest BCUT2D eigenvalue weighted by atomic mass is 9.68. The molecule has 0 bridgehead atoms. The van der Waals surface area contributed by atoms with Gasteiger partial charge in [-0.25, -0.2) is 9.37 Å². The molecule has 184 valence electrons. The molecule has 0 spiro atoms. The van der Waals surface area contributed by atoms with Crippen molar-refractivity contribution in [1.29, 1.82) is 0 Å². The molecule has 2 saturated carbocycles. The van der Waals surface area contributed by atoms with Gasteiger partial charge in [0.1, 0.15) is 5.82 Å². The van der Waals surface area contributed by atoms with E-state index in [1.807, 2.05) is 24.3 Å². The molecule has 2 nitrogen and oxygen atoms in total. The number of hydrogen-bond acceptors (Lipinski definition) is 3. The molecule has 0 N–H and O–H groups in total. The van der Waals surface area contributed by atoms with Crippen molar-refractivity contribution in [3.63, 3.8) is 0 Å². The Labute approximate surface area is 217 Å². The van der Waals surface area contributed by atoms with Crippen LogP contribution < -0.4 is 0 Å².